The van der Waals surface area contributed by atoms with Crippen molar-refractivity contribution in [3.63, 3.8) is 0 Å². The van der Waals surface area contributed by atoms with Gasteiger partial charge in [0.25, 0.3) is 0 Å². The second-order valence-corrected chi connectivity index (χ2v) is 20.4. The smallest absolute Gasteiger partial charge is 0.150 e. The first-order chi connectivity index (χ1) is 36.0. The van der Waals surface area contributed by atoms with Crippen LogP contribution in [-0.2, 0) is 10.8 Å². The molecule has 2 aliphatic rings. The van der Waals surface area contributed by atoms with Crippen molar-refractivity contribution in [2.45, 2.75) is 38.5 Å². The van der Waals surface area contributed by atoms with Crippen LogP contribution in [0, 0.1) is 0 Å². The van der Waals surface area contributed by atoms with Gasteiger partial charge in [-0.25, -0.2) is 0 Å². The average molecular weight is 1020 g/mol. The van der Waals surface area contributed by atoms with Gasteiger partial charge in [0.1, 0.15) is 6.29 Å². The minimum Gasteiger partial charge on any atom is -0.310 e. The van der Waals surface area contributed by atoms with E-state index in [9.17, 15) is 9.18 Å². The lowest BCUT2D eigenvalue weighted by atomic mass is 9.82. The molecule has 0 spiro atoms. The van der Waals surface area contributed by atoms with Gasteiger partial charge in [-0.15, -0.1) is 0 Å². The van der Waals surface area contributed by atoms with Crippen molar-refractivity contribution in [2.24, 2.45) is 0 Å². The number of halogens is 2. The number of aldehydes is 1. The molecule has 2 aliphatic carbocycles. The topological polar surface area (TPSA) is 23.6 Å². The zero-order chi connectivity index (χ0) is 51.4. The Morgan fingerprint density at radius 2 is 0.685 bits per heavy atom. The summed E-state index contributed by atoms with van der Waals surface area (Å²) in [6.07, 6.45) is 0.932. The Balaban J connectivity index is 0.000000161. The lowest BCUT2D eigenvalue weighted by Crippen LogP contribution is -2.16. The van der Waals surface area contributed by atoms with Gasteiger partial charge in [0, 0.05) is 55.0 Å². The van der Waals surface area contributed by atoms with Gasteiger partial charge >= 0.3 is 0 Å². The van der Waals surface area contributed by atoms with Gasteiger partial charge in [-0.3, -0.25) is 9.18 Å². The molecule has 10 aromatic carbocycles. The molecule has 0 aliphatic heterocycles. The molecule has 0 bridgehead atoms. The Morgan fingerprint density at radius 1 is 0.384 bits per heavy atom. The van der Waals surface area contributed by atoms with Crippen molar-refractivity contribution < 1.29 is 10.6 Å². The van der Waals surface area contributed by atoms with Gasteiger partial charge in [0.15, 0.2) is 0 Å². The maximum atomic E-state index is 11.5. The normalized spacial score (nSPS) is 13.0. The van der Waals surface area contributed by atoms with Crippen LogP contribution >= 0.6 is 15.9 Å². The standard InChI is InChI=1S/C34H27NO.C33H26BrN.CH3F/c1-34(2)32-21-24(23-36)13-19-30(32)31-20-18-29(22-33(31)34)35(27-11-7-4-8-12-27)28-16-14-26(15-17-28)25-9-5-3-6-10-25;1-33(2)31-21-25(34)15-19-29(31)30-20-18-28(22-32(30)33)35(26-11-7-4-8-12-26)27-16-13-24(14-17-27)23-9-5-3-6-10-23;1-2/h3-23H,1-2H3;3-22H,1-2H3;1H3/i;;1D. The van der Waals surface area contributed by atoms with Gasteiger partial charge in [-0.2, -0.15) is 0 Å². The summed E-state index contributed by atoms with van der Waals surface area (Å²) in [6, 6.07) is 86.1. The van der Waals surface area contributed by atoms with E-state index in [1.54, 1.807) is 0 Å². The number of fused-ring (bicyclic) bond motifs is 6. The van der Waals surface area contributed by atoms with Gasteiger partial charge < -0.3 is 9.80 Å². The molecule has 0 heterocycles. The summed E-state index contributed by atoms with van der Waals surface area (Å²) in [6.45, 7) is 9.15. The third-order valence-electron chi connectivity index (χ3n) is 14.5. The summed E-state index contributed by atoms with van der Waals surface area (Å²) in [4.78, 5) is 16.1. The van der Waals surface area contributed by atoms with E-state index in [4.69, 9.17) is 1.37 Å². The predicted molar refractivity (Wildman–Crippen MR) is 308 cm³/mol. The van der Waals surface area contributed by atoms with Crippen LogP contribution in [0.25, 0.3) is 44.5 Å². The molecule has 73 heavy (non-hydrogen) atoms. The molecule has 0 amide bonds. The van der Waals surface area contributed by atoms with Gasteiger partial charge in [0.05, 0.1) is 8.52 Å². The Kier molecular flexibility index (Phi) is 13.3. The Bertz CT molecular complexity index is 3570. The molecule has 0 N–H and O–H groups in total. The minimum absolute atomic E-state index is 0.0655. The van der Waals surface area contributed by atoms with Gasteiger partial charge in [0.2, 0.25) is 0 Å². The summed E-state index contributed by atoms with van der Waals surface area (Å²) in [5.41, 5.74) is 22.5. The van der Waals surface area contributed by atoms with Crippen molar-refractivity contribution >= 4 is 56.3 Å². The van der Waals surface area contributed by atoms with Crippen molar-refractivity contribution in [3.8, 4) is 44.5 Å². The number of rotatable bonds is 9. The van der Waals surface area contributed by atoms with Crippen LogP contribution in [0.5, 0.6) is 0 Å². The fraction of sp³-hybridized carbons (Fsp3) is 0.103. The number of hydrogen-bond acceptors (Lipinski definition) is 3. The van der Waals surface area contributed by atoms with Crippen molar-refractivity contribution in [1.82, 2.24) is 0 Å². The van der Waals surface area contributed by atoms with E-state index < -0.39 is 7.15 Å². The molecular weight excluding hydrogens is 960 g/mol. The highest BCUT2D eigenvalue weighted by Crippen LogP contribution is 2.53. The predicted octanol–water partition coefficient (Wildman–Crippen LogP) is 19.4. The number of anilines is 6. The molecule has 12 rings (SSSR count). The molecule has 5 heteroatoms. The molecule has 0 aromatic heterocycles. The van der Waals surface area contributed by atoms with E-state index in [-0.39, 0.29) is 10.8 Å². The number of alkyl halides is 1. The molecule has 0 saturated carbocycles. The number of benzene rings is 10. The van der Waals surface area contributed by atoms with Crippen LogP contribution in [0.15, 0.2) is 247 Å². The molecule has 3 nitrogen and oxygen atoms in total. The Morgan fingerprint density at radius 3 is 1.08 bits per heavy atom. The molecule has 358 valence electrons. The highest BCUT2D eigenvalue weighted by atomic mass is 79.9. The van der Waals surface area contributed by atoms with Crippen LogP contribution in [0.3, 0.4) is 0 Å². The SMILES string of the molecule is CC1(C)c2cc(Br)ccc2-c2ccc(N(c3ccccc3)c3ccc(-c4ccccc4)cc3)cc21.CC1(C)c2cc(C=O)ccc2-c2ccc(N(c3ccccc3)c3ccc(-c4ccccc4)cc3)cc21.[2H]CF. The summed E-state index contributed by atoms with van der Waals surface area (Å²) >= 11 is 3.67. The monoisotopic (exact) mass is 1020 g/mol. The fourth-order valence-corrected chi connectivity index (χ4v) is 11.1. The van der Waals surface area contributed by atoms with E-state index in [2.05, 4.69) is 272 Å². The maximum absolute atomic E-state index is 11.5. The Hall–Kier alpha value is -8.12. The zero-order valence-corrected chi connectivity index (χ0v) is 43.0. The van der Waals surface area contributed by atoms with Crippen LogP contribution in [-0.4, -0.2) is 13.4 Å². The largest absolute Gasteiger partial charge is 0.310 e. The lowest BCUT2D eigenvalue weighted by Gasteiger charge is -2.28. The third kappa shape index (κ3) is 9.33. The van der Waals surface area contributed by atoms with E-state index in [1.165, 1.54) is 72.4 Å². The second-order valence-electron chi connectivity index (χ2n) is 19.5. The van der Waals surface area contributed by atoms with Crippen molar-refractivity contribution in [3.05, 3.63) is 275 Å². The summed E-state index contributed by atoms with van der Waals surface area (Å²) in [5, 5.41) is 0. The third-order valence-corrected chi connectivity index (χ3v) is 14.9. The van der Waals surface area contributed by atoms with Crippen LogP contribution in [0.1, 0.15) is 61.7 Å². The molecule has 0 saturated heterocycles. The number of hydrogen-bond donors (Lipinski definition) is 0. The average Bonchev–Trinajstić information content (AvgIpc) is 3.81. The maximum Gasteiger partial charge on any atom is 0.150 e. The second kappa shape index (κ2) is 20.5. The first kappa shape index (κ1) is 47.2. The van der Waals surface area contributed by atoms with Gasteiger partial charge in [-0.1, -0.05) is 195 Å². The number of nitrogens with zero attached hydrogens (tertiary/aromatic N) is 2. The fourth-order valence-electron chi connectivity index (χ4n) is 10.7. The molecule has 0 unspecified atom stereocenters. The van der Waals surface area contributed by atoms with E-state index in [0.29, 0.717) is 0 Å². The zero-order valence-electron chi connectivity index (χ0n) is 42.4. The molecule has 0 atom stereocenters. The minimum atomic E-state index is -1.00. The first-order valence-corrected chi connectivity index (χ1v) is 25.4. The number of para-hydroxylation sites is 2. The first-order valence-electron chi connectivity index (χ1n) is 25.3. The summed E-state index contributed by atoms with van der Waals surface area (Å²) in [5.74, 6) is 0. The highest BCUT2D eigenvalue weighted by Gasteiger charge is 2.37. The van der Waals surface area contributed by atoms with E-state index in [1.807, 2.05) is 24.3 Å². The molecular formula is C68H56BrFN2O. The van der Waals surface area contributed by atoms with E-state index >= 15 is 0 Å². The molecule has 0 fully saturated rings. The van der Waals surface area contributed by atoms with Crippen LogP contribution in [0.4, 0.5) is 38.5 Å². The highest BCUT2D eigenvalue weighted by molar-refractivity contribution is 9.10. The molecule has 10 aromatic rings. The van der Waals surface area contributed by atoms with Crippen molar-refractivity contribution in [1.29, 1.82) is 0 Å². The number of carbonyl (C=O) groups excluding carboxylic acids is 1. The summed E-state index contributed by atoms with van der Waals surface area (Å²) < 4.78 is 16.6. The molecule has 0 radical (unpaired) electrons. The quantitative estimate of drug-likeness (QED) is 0.135. The van der Waals surface area contributed by atoms with E-state index in [0.717, 1.165) is 44.8 Å². The van der Waals surface area contributed by atoms with Crippen LogP contribution in [0.2, 0.25) is 0 Å². The van der Waals surface area contributed by atoms with Crippen molar-refractivity contribution in [2.75, 3.05) is 17.0 Å². The lowest BCUT2D eigenvalue weighted by molar-refractivity contribution is 0.112. The van der Waals surface area contributed by atoms with Crippen LogP contribution < -0.4 is 9.80 Å². The number of carbonyl (C=O) groups is 1. The van der Waals surface area contributed by atoms with Gasteiger partial charge in [-0.05, 0) is 158 Å². The summed E-state index contributed by atoms with van der Waals surface area (Å²) in [7, 11) is -1.00. The Labute approximate surface area is 439 Å².